The van der Waals surface area contributed by atoms with Crippen LogP contribution in [0.2, 0.25) is 0 Å². The number of fused-ring (bicyclic) bond motifs is 1. The molecule has 2 aromatic rings. The SMILES string of the molecule is NC(CC(O)(Cn1ccc2ccccc21)C(=O)O)C(=O)O. The van der Waals surface area contributed by atoms with E-state index in [1.165, 1.54) is 0 Å². The fourth-order valence-electron chi connectivity index (χ4n) is 2.23. The number of hydrogen-bond donors (Lipinski definition) is 4. The van der Waals surface area contributed by atoms with E-state index in [1.807, 2.05) is 12.1 Å². The van der Waals surface area contributed by atoms with Crippen LogP contribution in [0.1, 0.15) is 6.42 Å². The van der Waals surface area contributed by atoms with E-state index in [9.17, 15) is 19.8 Å². The van der Waals surface area contributed by atoms with Crippen molar-refractivity contribution >= 4 is 22.8 Å². The second-order valence-electron chi connectivity index (χ2n) is 4.99. The summed E-state index contributed by atoms with van der Waals surface area (Å²) in [5.74, 6) is -2.86. The third-order valence-electron chi connectivity index (χ3n) is 3.39. The summed E-state index contributed by atoms with van der Waals surface area (Å²) < 4.78 is 1.57. The maximum absolute atomic E-state index is 11.3. The van der Waals surface area contributed by atoms with Crippen LogP contribution in [0.4, 0.5) is 0 Å². The van der Waals surface area contributed by atoms with Crippen LogP contribution in [0.3, 0.4) is 0 Å². The Morgan fingerprint density at radius 2 is 1.90 bits per heavy atom. The lowest BCUT2D eigenvalue weighted by molar-refractivity contribution is -0.162. The van der Waals surface area contributed by atoms with Crippen LogP contribution in [0.25, 0.3) is 10.9 Å². The molecule has 2 atom stereocenters. The van der Waals surface area contributed by atoms with Crippen LogP contribution < -0.4 is 5.73 Å². The number of rotatable bonds is 6. The van der Waals surface area contributed by atoms with Crippen molar-refractivity contribution in [3.05, 3.63) is 36.5 Å². The molecule has 112 valence electrons. The third-order valence-corrected chi connectivity index (χ3v) is 3.39. The fraction of sp³-hybridized carbons (Fsp3) is 0.286. The van der Waals surface area contributed by atoms with Crippen molar-refractivity contribution in [3.63, 3.8) is 0 Å². The van der Waals surface area contributed by atoms with Crippen LogP contribution in [0, 0.1) is 0 Å². The van der Waals surface area contributed by atoms with Gasteiger partial charge in [0, 0.05) is 18.1 Å². The van der Waals surface area contributed by atoms with Crippen molar-refractivity contribution in [1.82, 2.24) is 4.57 Å². The Bertz CT molecular complexity index is 681. The molecule has 0 aliphatic rings. The number of aromatic nitrogens is 1. The van der Waals surface area contributed by atoms with Crippen LogP contribution in [-0.4, -0.2) is 43.5 Å². The molecule has 7 heteroatoms. The standard InChI is InChI=1S/C14H16N2O5/c15-10(12(17)18)7-14(21,13(19)20)8-16-6-5-9-3-1-2-4-11(9)16/h1-6,10,21H,7-8,15H2,(H,17,18)(H,19,20). The van der Waals surface area contributed by atoms with E-state index >= 15 is 0 Å². The highest BCUT2D eigenvalue weighted by Gasteiger charge is 2.40. The first kappa shape index (κ1) is 15.0. The van der Waals surface area contributed by atoms with Gasteiger partial charge in [0.2, 0.25) is 0 Å². The summed E-state index contributed by atoms with van der Waals surface area (Å²) in [6.45, 7) is -0.281. The van der Waals surface area contributed by atoms with Crippen molar-refractivity contribution in [2.75, 3.05) is 0 Å². The van der Waals surface area contributed by atoms with E-state index in [0.29, 0.717) is 0 Å². The molecule has 0 saturated carbocycles. The van der Waals surface area contributed by atoms with Crippen LogP contribution in [0.5, 0.6) is 0 Å². The molecule has 0 radical (unpaired) electrons. The van der Waals surface area contributed by atoms with Crippen molar-refractivity contribution in [2.45, 2.75) is 24.6 Å². The number of nitrogens with zero attached hydrogens (tertiary/aromatic N) is 1. The zero-order chi connectivity index (χ0) is 15.6. The summed E-state index contributed by atoms with van der Waals surface area (Å²) in [6, 6.07) is 7.61. The molecule has 2 rings (SSSR count). The Kier molecular flexibility index (Phi) is 3.97. The smallest absolute Gasteiger partial charge is 0.337 e. The largest absolute Gasteiger partial charge is 0.480 e. The number of hydrogen-bond acceptors (Lipinski definition) is 4. The highest BCUT2D eigenvalue weighted by molar-refractivity contribution is 5.82. The zero-order valence-electron chi connectivity index (χ0n) is 11.1. The molecule has 0 saturated heterocycles. The highest BCUT2D eigenvalue weighted by atomic mass is 16.4. The van der Waals surface area contributed by atoms with Crippen molar-refractivity contribution in [1.29, 1.82) is 0 Å². The normalized spacial score (nSPS) is 15.5. The van der Waals surface area contributed by atoms with Crippen LogP contribution in [0.15, 0.2) is 36.5 Å². The maximum Gasteiger partial charge on any atom is 0.337 e. The van der Waals surface area contributed by atoms with E-state index in [1.54, 1.807) is 29.0 Å². The van der Waals surface area contributed by atoms with E-state index in [4.69, 9.17) is 10.8 Å². The molecule has 0 aliphatic heterocycles. The Morgan fingerprint density at radius 3 is 2.52 bits per heavy atom. The van der Waals surface area contributed by atoms with Crippen molar-refractivity contribution < 1.29 is 24.9 Å². The summed E-state index contributed by atoms with van der Waals surface area (Å²) in [5.41, 5.74) is 3.85. The summed E-state index contributed by atoms with van der Waals surface area (Å²) in [6.07, 6.45) is 1.06. The monoisotopic (exact) mass is 292 g/mol. The topological polar surface area (TPSA) is 126 Å². The summed E-state index contributed by atoms with van der Waals surface area (Å²) in [7, 11) is 0. The van der Waals surface area contributed by atoms with Gasteiger partial charge in [-0.15, -0.1) is 0 Å². The average molecular weight is 292 g/mol. The van der Waals surface area contributed by atoms with Gasteiger partial charge in [-0.25, -0.2) is 4.79 Å². The predicted octanol–water partition coefficient (Wildman–Crippen LogP) is 0.259. The minimum absolute atomic E-state index is 0.281. The van der Waals surface area contributed by atoms with Gasteiger partial charge in [-0.1, -0.05) is 18.2 Å². The van der Waals surface area contributed by atoms with Crippen molar-refractivity contribution in [3.8, 4) is 0 Å². The van der Waals surface area contributed by atoms with Gasteiger partial charge in [-0.2, -0.15) is 0 Å². The summed E-state index contributed by atoms with van der Waals surface area (Å²) in [5, 5.41) is 29.2. The van der Waals surface area contributed by atoms with Gasteiger partial charge < -0.3 is 25.6 Å². The minimum atomic E-state index is -2.25. The van der Waals surface area contributed by atoms with Gasteiger partial charge in [-0.3, -0.25) is 4.79 Å². The molecule has 0 fully saturated rings. The lowest BCUT2D eigenvalue weighted by Crippen LogP contribution is -2.49. The van der Waals surface area contributed by atoms with E-state index in [0.717, 1.165) is 10.9 Å². The highest BCUT2D eigenvalue weighted by Crippen LogP contribution is 2.21. The number of para-hydroxylation sites is 1. The van der Waals surface area contributed by atoms with E-state index in [-0.39, 0.29) is 6.54 Å². The first-order chi connectivity index (χ1) is 9.83. The zero-order valence-corrected chi connectivity index (χ0v) is 11.1. The number of benzene rings is 1. The quantitative estimate of drug-likeness (QED) is 0.605. The number of aliphatic hydroxyl groups is 1. The number of aliphatic carboxylic acids is 2. The first-order valence-corrected chi connectivity index (χ1v) is 6.31. The number of nitrogens with two attached hydrogens (primary N) is 1. The van der Waals surface area contributed by atoms with Crippen LogP contribution in [-0.2, 0) is 16.1 Å². The molecule has 1 aromatic carbocycles. The molecule has 1 heterocycles. The minimum Gasteiger partial charge on any atom is -0.480 e. The molecular weight excluding hydrogens is 276 g/mol. The molecule has 7 nitrogen and oxygen atoms in total. The van der Waals surface area contributed by atoms with Gasteiger partial charge in [0.15, 0.2) is 5.60 Å². The number of carboxylic acid groups (broad SMARTS) is 2. The molecule has 2 unspecified atom stereocenters. The van der Waals surface area contributed by atoms with Crippen LogP contribution >= 0.6 is 0 Å². The summed E-state index contributed by atoms with van der Waals surface area (Å²) >= 11 is 0. The predicted molar refractivity (Wildman–Crippen MR) is 74.8 cm³/mol. The molecule has 0 aliphatic carbocycles. The molecule has 1 aromatic heterocycles. The lowest BCUT2D eigenvalue weighted by Gasteiger charge is -2.26. The average Bonchev–Trinajstić information content (AvgIpc) is 2.81. The Balaban J connectivity index is 2.31. The van der Waals surface area contributed by atoms with Gasteiger partial charge >= 0.3 is 11.9 Å². The first-order valence-electron chi connectivity index (χ1n) is 6.31. The van der Waals surface area contributed by atoms with Gasteiger partial charge in [0.1, 0.15) is 6.04 Å². The fourth-order valence-corrected chi connectivity index (χ4v) is 2.23. The van der Waals surface area contributed by atoms with Gasteiger partial charge in [0.25, 0.3) is 0 Å². The van der Waals surface area contributed by atoms with E-state index in [2.05, 4.69) is 0 Å². The Labute approximate surface area is 120 Å². The van der Waals surface area contributed by atoms with Gasteiger partial charge in [0.05, 0.1) is 6.54 Å². The number of carboxylic acids is 2. The second-order valence-corrected chi connectivity index (χ2v) is 4.99. The molecular formula is C14H16N2O5. The summed E-state index contributed by atoms with van der Waals surface area (Å²) in [4.78, 5) is 22.1. The Morgan fingerprint density at radius 1 is 1.24 bits per heavy atom. The van der Waals surface area contributed by atoms with Crippen molar-refractivity contribution in [2.24, 2.45) is 5.73 Å². The molecule has 21 heavy (non-hydrogen) atoms. The van der Waals surface area contributed by atoms with E-state index < -0.39 is 30.0 Å². The molecule has 0 amide bonds. The lowest BCUT2D eigenvalue weighted by atomic mass is 9.95. The molecule has 0 bridgehead atoms. The molecule has 5 N–H and O–H groups in total. The molecule has 0 spiro atoms. The third kappa shape index (κ3) is 3.04. The van der Waals surface area contributed by atoms with Gasteiger partial charge in [-0.05, 0) is 17.5 Å². The Hall–Kier alpha value is -2.38. The maximum atomic E-state index is 11.3. The second kappa shape index (κ2) is 5.55. The number of carbonyl (C=O) groups is 2.